The molecule has 2 N–H and O–H groups in total. The molecule has 1 aromatic heterocycles. The van der Waals surface area contributed by atoms with Gasteiger partial charge in [-0.25, -0.2) is 19.4 Å². The number of rotatable bonds is 8. The summed E-state index contributed by atoms with van der Waals surface area (Å²) < 4.78 is 15.7. The molecule has 4 rings (SSSR count). The maximum atomic E-state index is 12.8. The first-order valence-corrected chi connectivity index (χ1v) is 11.3. The van der Waals surface area contributed by atoms with Gasteiger partial charge in [0.05, 0.1) is 42.2 Å². The summed E-state index contributed by atoms with van der Waals surface area (Å²) in [6.45, 7) is 1.49. The first kappa shape index (κ1) is 24.5. The van der Waals surface area contributed by atoms with Crippen molar-refractivity contribution in [3.05, 3.63) is 89.3 Å². The Balaban J connectivity index is 1.54. The van der Waals surface area contributed by atoms with Crippen LogP contribution < -0.4 is 15.4 Å². The number of fused-ring (bicyclic) bond motifs is 1. The van der Waals surface area contributed by atoms with Gasteiger partial charge in [0.25, 0.3) is 0 Å². The molecule has 0 saturated heterocycles. The first-order valence-electron chi connectivity index (χ1n) is 11.3. The Labute approximate surface area is 207 Å². The highest BCUT2D eigenvalue weighted by Crippen LogP contribution is 2.29. The molecule has 2 amide bonds. The second-order valence-corrected chi connectivity index (χ2v) is 7.79. The van der Waals surface area contributed by atoms with Gasteiger partial charge in [0.1, 0.15) is 12.4 Å². The average Bonchev–Trinajstić information content (AvgIpc) is 2.90. The summed E-state index contributed by atoms with van der Waals surface area (Å²) in [5.74, 6) is -0.662. The lowest BCUT2D eigenvalue weighted by atomic mass is 9.95. The van der Waals surface area contributed by atoms with Gasteiger partial charge in [-0.05, 0) is 42.8 Å². The fraction of sp³-hybridized carbons (Fsp3) is 0.185. The molecule has 0 radical (unpaired) electrons. The van der Waals surface area contributed by atoms with E-state index in [1.165, 1.54) is 12.2 Å². The van der Waals surface area contributed by atoms with Crippen molar-refractivity contribution >= 4 is 34.9 Å². The van der Waals surface area contributed by atoms with Crippen LogP contribution in [0.1, 0.15) is 24.2 Å². The molecule has 2 aromatic carbocycles. The van der Waals surface area contributed by atoms with Crippen LogP contribution in [0.3, 0.4) is 0 Å². The predicted molar refractivity (Wildman–Crippen MR) is 133 cm³/mol. The smallest absolute Gasteiger partial charge is 0.338 e. The van der Waals surface area contributed by atoms with Crippen LogP contribution in [0.2, 0.25) is 0 Å². The van der Waals surface area contributed by atoms with Crippen molar-refractivity contribution in [2.75, 3.05) is 20.3 Å². The van der Waals surface area contributed by atoms with Crippen molar-refractivity contribution < 1.29 is 28.6 Å². The second-order valence-electron chi connectivity index (χ2n) is 7.79. The Morgan fingerprint density at radius 2 is 1.81 bits per heavy atom. The van der Waals surface area contributed by atoms with Gasteiger partial charge in [0.15, 0.2) is 0 Å². The Hall–Kier alpha value is -4.66. The summed E-state index contributed by atoms with van der Waals surface area (Å²) in [6.07, 6.45) is 2.78. The number of carbonyl (C=O) groups is 3. The SMILES string of the molecule is CCOC(=O)C1=C(COC(=O)/C=C/c2ccc3ccccc3n2)NC(=O)NC1c1ccc(OC)cc1. The number of carbonyl (C=O) groups excluding carboxylic acids is 3. The summed E-state index contributed by atoms with van der Waals surface area (Å²) in [5.41, 5.74) is 2.32. The number of para-hydroxylation sites is 1. The van der Waals surface area contributed by atoms with Crippen LogP contribution in [0, 0.1) is 0 Å². The number of amides is 2. The minimum atomic E-state index is -0.797. The minimum absolute atomic E-state index is 0.139. The topological polar surface area (TPSA) is 116 Å². The summed E-state index contributed by atoms with van der Waals surface area (Å²) in [5, 5.41) is 6.28. The number of esters is 2. The third-order valence-corrected chi connectivity index (χ3v) is 5.47. The number of urea groups is 1. The lowest BCUT2D eigenvalue weighted by Crippen LogP contribution is -2.47. The standard InChI is InChI=1S/C27H25N3O6/c1-3-35-26(32)24-22(29-27(33)30-25(24)18-9-13-20(34-2)14-10-18)16-36-23(31)15-12-19-11-8-17-6-4-5-7-21(17)28-19/h4-15,25H,3,16H2,1-2H3,(H2,29,30,33)/b15-12+. The molecule has 0 spiro atoms. The van der Waals surface area contributed by atoms with Gasteiger partial charge in [-0.3, -0.25) is 0 Å². The molecule has 1 aliphatic rings. The quantitative estimate of drug-likeness (QED) is 0.368. The van der Waals surface area contributed by atoms with Gasteiger partial charge in [-0.15, -0.1) is 0 Å². The fourth-order valence-corrected chi connectivity index (χ4v) is 3.75. The van der Waals surface area contributed by atoms with Crippen molar-refractivity contribution in [2.24, 2.45) is 0 Å². The van der Waals surface area contributed by atoms with E-state index in [2.05, 4.69) is 15.6 Å². The molecule has 9 heteroatoms. The number of hydrogen-bond acceptors (Lipinski definition) is 7. The maximum Gasteiger partial charge on any atom is 0.338 e. The summed E-state index contributed by atoms with van der Waals surface area (Å²) in [7, 11) is 1.54. The third-order valence-electron chi connectivity index (χ3n) is 5.47. The Bertz CT molecular complexity index is 1350. The van der Waals surface area contributed by atoms with Gasteiger partial charge < -0.3 is 24.8 Å². The van der Waals surface area contributed by atoms with E-state index < -0.39 is 24.0 Å². The molecule has 0 bridgehead atoms. The number of ether oxygens (including phenoxy) is 3. The van der Waals surface area contributed by atoms with Crippen LogP contribution in [0.15, 0.2) is 78.0 Å². The van der Waals surface area contributed by atoms with Gasteiger partial charge in [0.2, 0.25) is 0 Å². The van der Waals surface area contributed by atoms with E-state index in [1.54, 1.807) is 44.4 Å². The van der Waals surface area contributed by atoms with Crippen molar-refractivity contribution in [2.45, 2.75) is 13.0 Å². The van der Waals surface area contributed by atoms with Crippen LogP contribution in [-0.4, -0.2) is 43.3 Å². The van der Waals surface area contributed by atoms with Crippen molar-refractivity contribution in [1.82, 2.24) is 15.6 Å². The molecule has 0 fully saturated rings. The van der Waals surface area contributed by atoms with Crippen LogP contribution in [0.5, 0.6) is 5.75 Å². The second kappa shape index (κ2) is 11.2. The van der Waals surface area contributed by atoms with Crippen molar-refractivity contribution in [3.8, 4) is 5.75 Å². The molecular formula is C27H25N3O6. The van der Waals surface area contributed by atoms with Crippen molar-refractivity contribution in [3.63, 3.8) is 0 Å². The molecule has 1 unspecified atom stereocenters. The molecule has 1 aliphatic heterocycles. The number of nitrogens with one attached hydrogen (secondary N) is 2. The van der Waals surface area contributed by atoms with E-state index in [0.29, 0.717) is 17.0 Å². The normalized spacial score (nSPS) is 15.4. The highest BCUT2D eigenvalue weighted by Gasteiger charge is 2.34. The molecule has 0 saturated carbocycles. The molecule has 36 heavy (non-hydrogen) atoms. The maximum absolute atomic E-state index is 12.8. The Morgan fingerprint density at radius 3 is 2.56 bits per heavy atom. The van der Waals surface area contributed by atoms with Crippen LogP contribution in [0.4, 0.5) is 4.79 Å². The lowest BCUT2D eigenvalue weighted by Gasteiger charge is -2.29. The number of methoxy groups -OCH3 is 1. The van der Waals surface area contributed by atoms with E-state index in [4.69, 9.17) is 14.2 Å². The fourth-order valence-electron chi connectivity index (χ4n) is 3.75. The van der Waals surface area contributed by atoms with E-state index in [9.17, 15) is 14.4 Å². The Kier molecular flexibility index (Phi) is 7.60. The number of pyridine rings is 1. The van der Waals surface area contributed by atoms with E-state index in [1.807, 2.05) is 30.3 Å². The van der Waals surface area contributed by atoms with Gasteiger partial charge in [0, 0.05) is 11.5 Å². The molecule has 3 aromatic rings. The minimum Gasteiger partial charge on any atom is -0.497 e. The molecule has 1 atom stereocenters. The molecule has 184 valence electrons. The van der Waals surface area contributed by atoms with E-state index >= 15 is 0 Å². The van der Waals surface area contributed by atoms with Crippen molar-refractivity contribution in [1.29, 1.82) is 0 Å². The number of benzene rings is 2. The summed E-state index contributed by atoms with van der Waals surface area (Å²) >= 11 is 0. The predicted octanol–water partition coefficient (Wildman–Crippen LogP) is 3.67. The van der Waals surface area contributed by atoms with Crippen LogP contribution >= 0.6 is 0 Å². The van der Waals surface area contributed by atoms with Gasteiger partial charge >= 0.3 is 18.0 Å². The van der Waals surface area contributed by atoms with Crippen LogP contribution in [-0.2, 0) is 19.1 Å². The Morgan fingerprint density at radius 1 is 1.03 bits per heavy atom. The highest BCUT2D eigenvalue weighted by molar-refractivity contribution is 5.95. The number of hydrogen-bond donors (Lipinski definition) is 2. The largest absolute Gasteiger partial charge is 0.497 e. The van der Waals surface area contributed by atoms with E-state index in [-0.39, 0.29) is 24.5 Å². The molecule has 9 nitrogen and oxygen atoms in total. The first-order chi connectivity index (χ1) is 17.5. The lowest BCUT2D eigenvalue weighted by molar-refractivity contribution is -0.140. The zero-order valence-electron chi connectivity index (χ0n) is 19.8. The number of nitrogens with zero attached hydrogens (tertiary/aromatic N) is 1. The zero-order chi connectivity index (χ0) is 25.5. The zero-order valence-corrected chi connectivity index (χ0v) is 19.8. The summed E-state index contributed by atoms with van der Waals surface area (Å²) in [6, 6.07) is 16.9. The highest BCUT2D eigenvalue weighted by atomic mass is 16.5. The number of aromatic nitrogens is 1. The molecule has 2 heterocycles. The molecule has 0 aliphatic carbocycles. The monoisotopic (exact) mass is 487 g/mol. The van der Waals surface area contributed by atoms with Gasteiger partial charge in [-0.1, -0.05) is 36.4 Å². The molecular weight excluding hydrogens is 462 g/mol. The third kappa shape index (κ3) is 5.69. The van der Waals surface area contributed by atoms with E-state index in [0.717, 1.165) is 10.9 Å². The van der Waals surface area contributed by atoms with Gasteiger partial charge in [-0.2, -0.15) is 0 Å². The summed E-state index contributed by atoms with van der Waals surface area (Å²) in [4.78, 5) is 42.1. The van der Waals surface area contributed by atoms with Crippen LogP contribution in [0.25, 0.3) is 17.0 Å². The average molecular weight is 488 g/mol.